The van der Waals surface area contributed by atoms with Crippen LogP contribution in [0.2, 0.25) is 5.02 Å². The Balaban J connectivity index is 1.44. The fourth-order valence-electron chi connectivity index (χ4n) is 3.11. The van der Waals surface area contributed by atoms with E-state index in [4.69, 9.17) is 16.3 Å². The Bertz CT molecular complexity index is 1240. The maximum atomic E-state index is 13.1. The van der Waals surface area contributed by atoms with Crippen molar-refractivity contribution >= 4 is 40.4 Å². The molecule has 0 spiro atoms. The molecular weight excluding hydrogens is 476 g/mol. The van der Waals surface area contributed by atoms with E-state index in [9.17, 15) is 9.59 Å². The summed E-state index contributed by atoms with van der Waals surface area (Å²) >= 11 is 7.48. The van der Waals surface area contributed by atoms with Crippen molar-refractivity contribution in [3.63, 3.8) is 0 Å². The summed E-state index contributed by atoms with van der Waals surface area (Å²) in [6, 6.07) is 17.8. The Hall–Kier alpha value is -3.76. The van der Waals surface area contributed by atoms with Crippen LogP contribution < -0.4 is 15.0 Å². The van der Waals surface area contributed by atoms with Crippen molar-refractivity contribution < 1.29 is 14.3 Å². The SMILES string of the molecule is COc1ccc(CNC(=O)CN(C(=O)Cn2nnc(-c3cccs3)n2)c2ccc(Cl)cc2)cc1. The molecule has 0 aliphatic heterocycles. The van der Waals surface area contributed by atoms with Crippen LogP contribution in [0.5, 0.6) is 5.75 Å². The summed E-state index contributed by atoms with van der Waals surface area (Å²) in [5.41, 5.74) is 1.44. The summed E-state index contributed by atoms with van der Waals surface area (Å²) < 4.78 is 5.15. The molecule has 0 aliphatic rings. The Kier molecular flexibility index (Phi) is 7.51. The summed E-state index contributed by atoms with van der Waals surface area (Å²) in [6.07, 6.45) is 0. The van der Waals surface area contributed by atoms with Crippen LogP contribution in [0.1, 0.15) is 5.56 Å². The van der Waals surface area contributed by atoms with Gasteiger partial charge in [-0.1, -0.05) is 29.8 Å². The average Bonchev–Trinajstić information content (AvgIpc) is 3.54. The molecule has 2 heterocycles. The molecule has 2 amide bonds. The van der Waals surface area contributed by atoms with Gasteiger partial charge in [0.2, 0.25) is 11.7 Å². The number of tetrazole rings is 1. The molecule has 0 radical (unpaired) electrons. The standard InChI is InChI=1S/C23H21ClN6O3S/c1-33-19-10-4-16(5-11-19)13-25-21(31)14-29(18-8-6-17(24)7-9-18)22(32)15-30-27-23(26-28-30)20-3-2-12-34-20/h2-12H,13-15H2,1H3,(H,25,31). The minimum Gasteiger partial charge on any atom is -0.497 e. The number of carbonyl (C=O) groups excluding carboxylic acids is 2. The fraction of sp³-hybridized carbons (Fsp3) is 0.174. The third kappa shape index (κ3) is 5.97. The van der Waals surface area contributed by atoms with E-state index < -0.39 is 0 Å². The lowest BCUT2D eigenvalue weighted by Crippen LogP contribution is -2.42. The first-order valence-electron chi connectivity index (χ1n) is 10.3. The van der Waals surface area contributed by atoms with Gasteiger partial charge in [-0.25, -0.2) is 0 Å². The number of methoxy groups -OCH3 is 1. The van der Waals surface area contributed by atoms with Crippen LogP contribution >= 0.6 is 22.9 Å². The van der Waals surface area contributed by atoms with Gasteiger partial charge in [-0.05, 0) is 58.6 Å². The molecule has 0 fully saturated rings. The zero-order valence-electron chi connectivity index (χ0n) is 18.2. The van der Waals surface area contributed by atoms with Gasteiger partial charge in [0, 0.05) is 17.3 Å². The molecule has 34 heavy (non-hydrogen) atoms. The highest BCUT2D eigenvalue weighted by molar-refractivity contribution is 7.13. The number of nitrogens with one attached hydrogen (secondary N) is 1. The number of aromatic nitrogens is 4. The Labute approximate surface area is 204 Å². The lowest BCUT2D eigenvalue weighted by molar-refractivity contribution is -0.124. The van der Waals surface area contributed by atoms with Gasteiger partial charge in [0.25, 0.3) is 5.91 Å². The van der Waals surface area contributed by atoms with Crippen molar-refractivity contribution in [3.05, 3.63) is 76.6 Å². The molecule has 0 aliphatic carbocycles. The average molecular weight is 497 g/mol. The second-order valence-corrected chi connectivity index (χ2v) is 8.59. The van der Waals surface area contributed by atoms with Gasteiger partial charge in [0.05, 0.1) is 12.0 Å². The molecule has 2 aromatic heterocycles. The molecule has 2 aromatic carbocycles. The molecule has 9 nitrogen and oxygen atoms in total. The van der Waals surface area contributed by atoms with Crippen LogP contribution in [0.25, 0.3) is 10.7 Å². The Morgan fingerprint density at radius 1 is 1.12 bits per heavy atom. The molecule has 0 atom stereocenters. The number of hydrogen-bond donors (Lipinski definition) is 1. The number of carbonyl (C=O) groups is 2. The second kappa shape index (κ2) is 10.9. The molecule has 0 bridgehead atoms. The first-order valence-corrected chi connectivity index (χ1v) is 11.5. The highest BCUT2D eigenvalue weighted by Crippen LogP contribution is 2.21. The summed E-state index contributed by atoms with van der Waals surface area (Å²) in [7, 11) is 1.59. The molecule has 174 valence electrons. The number of thiophene rings is 1. The third-order valence-electron chi connectivity index (χ3n) is 4.86. The van der Waals surface area contributed by atoms with E-state index in [-0.39, 0.29) is 24.9 Å². The largest absolute Gasteiger partial charge is 0.497 e. The van der Waals surface area contributed by atoms with E-state index in [0.717, 1.165) is 16.2 Å². The van der Waals surface area contributed by atoms with Crippen molar-refractivity contribution in [2.75, 3.05) is 18.6 Å². The number of ether oxygens (including phenoxy) is 1. The lowest BCUT2D eigenvalue weighted by atomic mass is 10.2. The van der Waals surface area contributed by atoms with Gasteiger partial charge in [-0.3, -0.25) is 9.59 Å². The predicted octanol–water partition coefficient (Wildman–Crippen LogP) is 3.41. The second-order valence-electron chi connectivity index (χ2n) is 7.20. The first kappa shape index (κ1) is 23.4. The van der Waals surface area contributed by atoms with Crippen LogP contribution in [0.15, 0.2) is 66.0 Å². The molecule has 0 unspecified atom stereocenters. The van der Waals surface area contributed by atoms with E-state index in [2.05, 4.69) is 20.7 Å². The minimum absolute atomic E-state index is 0.174. The van der Waals surface area contributed by atoms with Crippen molar-refractivity contribution in [1.82, 2.24) is 25.5 Å². The van der Waals surface area contributed by atoms with Crippen LogP contribution in [-0.2, 0) is 22.7 Å². The summed E-state index contributed by atoms with van der Waals surface area (Å²) in [6.45, 7) is -0.0316. The molecular formula is C23H21ClN6O3S. The molecule has 4 rings (SSSR count). The Morgan fingerprint density at radius 2 is 1.88 bits per heavy atom. The minimum atomic E-state index is -0.364. The highest BCUT2D eigenvalue weighted by atomic mass is 35.5. The van der Waals surface area contributed by atoms with Crippen molar-refractivity contribution in [2.24, 2.45) is 0 Å². The van der Waals surface area contributed by atoms with Gasteiger partial charge in [0.1, 0.15) is 18.8 Å². The van der Waals surface area contributed by atoms with Gasteiger partial charge < -0.3 is 15.0 Å². The fourth-order valence-corrected chi connectivity index (χ4v) is 3.88. The molecule has 1 N–H and O–H groups in total. The monoisotopic (exact) mass is 496 g/mol. The van der Waals surface area contributed by atoms with Gasteiger partial charge >= 0.3 is 0 Å². The zero-order chi connectivity index (χ0) is 23.9. The molecule has 4 aromatic rings. The predicted molar refractivity (Wildman–Crippen MR) is 130 cm³/mol. The number of anilines is 1. The number of nitrogens with zero attached hydrogens (tertiary/aromatic N) is 5. The van der Waals surface area contributed by atoms with Gasteiger partial charge in [-0.15, -0.1) is 21.5 Å². The maximum Gasteiger partial charge on any atom is 0.251 e. The van der Waals surface area contributed by atoms with Crippen LogP contribution in [-0.4, -0.2) is 45.7 Å². The number of halogens is 1. The summed E-state index contributed by atoms with van der Waals surface area (Å²) in [4.78, 5) is 29.3. The zero-order valence-corrected chi connectivity index (χ0v) is 19.8. The summed E-state index contributed by atoms with van der Waals surface area (Å²) in [5.74, 6) is 0.499. The van der Waals surface area contributed by atoms with Crippen LogP contribution in [0.3, 0.4) is 0 Å². The number of hydrogen-bond acceptors (Lipinski definition) is 7. The van der Waals surface area contributed by atoms with E-state index in [1.165, 1.54) is 21.0 Å². The normalized spacial score (nSPS) is 10.6. The molecule has 0 saturated heterocycles. The molecule has 11 heteroatoms. The van der Waals surface area contributed by atoms with E-state index in [0.29, 0.717) is 23.1 Å². The van der Waals surface area contributed by atoms with E-state index >= 15 is 0 Å². The van der Waals surface area contributed by atoms with E-state index in [1.54, 1.807) is 31.4 Å². The van der Waals surface area contributed by atoms with Crippen molar-refractivity contribution in [2.45, 2.75) is 13.1 Å². The van der Waals surface area contributed by atoms with E-state index in [1.807, 2.05) is 41.8 Å². The lowest BCUT2D eigenvalue weighted by Gasteiger charge is -2.22. The van der Waals surface area contributed by atoms with Crippen molar-refractivity contribution in [3.8, 4) is 16.5 Å². The highest BCUT2D eigenvalue weighted by Gasteiger charge is 2.21. The summed E-state index contributed by atoms with van der Waals surface area (Å²) in [5, 5.41) is 17.5. The number of benzene rings is 2. The van der Waals surface area contributed by atoms with Crippen molar-refractivity contribution in [1.29, 1.82) is 0 Å². The third-order valence-corrected chi connectivity index (χ3v) is 5.98. The number of rotatable bonds is 9. The maximum absolute atomic E-state index is 13.1. The smallest absolute Gasteiger partial charge is 0.251 e. The Morgan fingerprint density at radius 3 is 2.56 bits per heavy atom. The molecule has 0 saturated carbocycles. The van der Waals surface area contributed by atoms with Crippen LogP contribution in [0, 0.1) is 0 Å². The first-order chi connectivity index (χ1) is 16.5. The van der Waals surface area contributed by atoms with Gasteiger partial charge in [0.15, 0.2) is 0 Å². The number of amides is 2. The quantitative estimate of drug-likeness (QED) is 0.381. The topological polar surface area (TPSA) is 102 Å². The van der Waals surface area contributed by atoms with Crippen LogP contribution in [0.4, 0.5) is 5.69 Å². The van der Waals surface area contributed by atoms with Gasteiger partial charge in [-0.2, -0.15) is 4.80 Å².